The Morgan fingerprint density at radius 2 is 2.06 bits per heavy atom. The predicted molar refractivity (Wildman–Crippen MR) is 132 cm³/mol. The third kappa shape index (κ3) is 4.11. The van der Waals surface area contributed by atoms with Gasteiger partial charge in [0.15, 0.2) is 0 Å². The number of carbonyl (C=O) groups excluding carboxylic acids is 1. The van der Waals surface area contributed by atoms with Crippen molar-refractivity contribution in [3.8, 4) is 6.07 Å². The van der Waals surface area contributed by atoms with Crippen LogP contribution in [0.5, 0.6) is 0 Å². The van der Waals surface area contributed by atoms with E-state index in [2.05, 4.69) is 15.9 Å². The molecule has 1 fully saturated rings. The summed E-state index contributed by atoms with van der Waals surface area (Å²) in [7, 11) is 0. The van der Waals surface area contributed by atoms with Crippen LogP contribution in [0.4, 0.5) is 10.8 Å². The first-order chi connectivity index (χ1) is 16.5. The van der Waals surface area contributed by atoms with Gasteiger partial charge in [-0.1, -0.05) is 0 Å². The van der Waals surface area contributed by atoms with Crippen molar-refractivity contribution in [2.75, 3.05) is 50.1 Å². The van der Waals surface area contributed by atoms with Crippen LogP contribution in [0, 0.1) is 18.3 Å². The molecule has 0 aliphatic carbocycles. The largest absolute Gasteiger partial charge is 0.462 e. The van der Waals surface area contributed by atoms with Crippen molar-refractivity contribution in [2.45, 2.75) is 33.4 Å². The Morgan fingerprint density at radius 3 is 2.79 bits per heavy atom. The zero-order valence-corrected chi connectivity index (χ0v) is 20.9. The summed E-state index contributed by atoms with van der Waals surface area (Å²) in [5.74, 6) is 1.23. The molecule has 2 aliphatic rings. The fourth-order valence-electron chi connectivity index (χ4n) is 4.54. The number of aryl methyl sites for hydroxylation is 1. The van der Waals surface area contributed by atoms with Gasteiger partial charge >= 0.3 is 5.97 Å². The summed E-state index contributed by atoms with van der Waals surface area (Å²) in [4.78, 5) is 29.5. The van der Waals surface area contributed by atoms with Crippen LogP contribution in [0.3, 0.4) is 0 Å². The van der Waals surface area contributed by atoms with Gasteiger partial charge in [-0.2, -0.15) is 5.26 Å². The monoisotopic (exact) mass is 498 g/mol. The molecular weight excluding hydrogens is 472 g/mol. The standard InChI is InChI=1S/C23H26N6O3S2/c1-3-32-23(30)19-13(2)18-21(29-5-4-14-15(10-24)20(25)33-16(14)11-29)26-17(27-22(18)34-19)12-28-6-8-31-9-7-28/h3-9,11-12,25H2,1-2H3. The van der Waals surface area contributed by atoms with E-state index in [1.807, 2.05) is 6.92 Å². The molecular formula is C23H26N6O3S2. The van der Waals surface area contributed by atoms with Gasteiger partial charge in [0.05, 0.1) is 43.9 Å². The minimum Gasteiger partial charge on any atom is -0.462 e. The molecule has 34 heavy (non-hydrogen) atoms. The molecule has 2 N–H and O–H groups in total. The Balaban J connectivity index is 1.57. The normalized spacial score (nSPS) is 16.4. The van der Waals surface area contributed by atoms with Gasteiger partial charge in [-0.25, -0.2) is 14.8 Å². The number of esters is 1. The molecule has 0 amide bonds. The lowest BCUT2D eigenvalue weighted by atomic mass is 10.0. The number of nitrogens with two attached hydrogens (primary N) is 1. The lowest BCUT2D eigenvalue weighted by Gasteiger charge is -2.30. The molecule has 11 heteroatoms. The first kappa shape index (κ1) is 23.0. The topological polar surface area (TPSA) is 118 Å². The van der Waals surface area contributed by atoms with Crippen molar-refractivity contribution in [2.24, 2.45) is 0 Å². The van der Waals surface area contributed by atoms with E-state index in [9.17, 15) is 10.1 Å². The summed E-state index contributed by atoms with van der Waals surface area (Å²) in [5.41, 5.74) is 8.62. The van der Waals surface area contributed by atoms with Crippen LogP contribution >= 0.6 is 22.7 Å². The molecule has 5 rings (SSSR count). The summed E-state index contributed by atoms with van der Waals surface area (Å²) in [6.07, 6.45) is 0.726. The van der Waals surface area contributed by atoms with E-state index < -0.39 is 0 Å². The summed E-state index contributed by atoms with van der Waals surface area (Å²) in [6.45, 7) is 9.12. The highest BCUT2D eigenvalue weighted by Crippen LogP contribution is 2.40. The summed E-state index contributed by atoms with van der Waals surface area (Å²) in [5, 5.41) is 11.0. The Hall–Kier alpha value is -2.78. The van der Waals surface area contributed by atoms with Crippen molar-refractivity contribution in [1.29, 1.82) is 5.26 Å². The number of hydrogen-bond donors (Lipinski definition) is 1. The molecule has 0 aromatic carbocycles. The van der Waals surface area contributed by atoms with E-state index in [4.69, 9.17) is 25.2 Å². The third-order valence-electron chi connectivity index (χ3n) is 6.24. The van der Waals surface area contributed by atoms with Gasteiger partial charge in [0, 0.05) is 24.5 Å². The molecule has 9 nitrogen and oxygen atoms in total. The number of nitriles is 1. The Labute approximate surface area is 205 Å². The Bertz CT molecular complexity index is 1290. The predicted octanol–water partition coefficient (Wildman–Crippen LogP) is 3.09. The Kier molecular flexibility index (Phi) is 6.40. The van der Waals surface area contributed by atoms with Gasteiger partial charge in [0.25, 0.3) is 0 Å². The van der Waals surface area contributed by atoms with Gasteiger partial charge in [0.1, 0.15) is 32.4 Å². The van der Waals surface area contributed by atoms with Crippen molar-refractivity contribution < 1.29 is 14.3 Å². The minimum absolute atomic E-state index is 0.323. The third-order valence-corrected chi connectivity index (χ3v) is 8.45. The van der Waals surface area contributed by atoms with E-state index >= 15 is 0 Å². The average molecular weight is 499 g/mol. The van der Waals surface area contributed by atoms with Crippen molar-refractivity contribution in [3.05, 3.63) is 32.3 Å². The average Bonchev–Trinajstić information content (AvgIpc) is 3.34. The number of rotatable bonds is 5. The molecule has 2 aliphatic heterocycles. The molecule has 178 valence electrons. The SMILES string of the molecule is CCOC(=O)c1sc2nc(CN3CCOCC3)nc(N3CCc4c(sc(N)c4C#N)C3)c2c1C. The van der Waals surface area contributed by atoms with Gasteiger partial charge < -0.3 is 20.1 Å². The number of ether oxygens (including phenoxy) is 2. The molecule has 0 unspecified atom stereocenters. The number of carbonyl (C=O) groups is 1. The van der Waals surface area contributed by atoms with E-state index in [0.717, 1.165) is 57.4 Å². The highest BCUT2D eigenvalue weighted by Gasteiger charge is 2.29. The van der Waals surface area contributed by atoms with Crippen LogP contribution in [-0.2, 0) is 29.0 Å². The first-order valence-electron chi connectivity index (χ1n) is 11.3. The van der Waals surface area contributed by atoms with Crippen molar-refractivity contribution in [1.82, 2.24) is 14.9 Å². The smallest absolute Gasteiger partial charge is 0.348 e. The van der Waals surface area contributed by atoms with Crippen LogP contribution < -0.4 is 10.6 Å². The number of morpholine rings is 1. The molecule has 5 heterocycles. The maximum atomic E-state index is 12.6. The zero-order chi connectivity index (χ0) is 23.8. The van der Waals surface area contributed by atoms with Gasteiger partial charge in [0.2, 0.25) is 0 Å². The molecule has 3 aromatic rings. The summed E-state index contributed by atoms with van der Waals surface area (Å²) < 4.78 is 10.8. The number of nitrogens with zero attached hydrogens (tertiary/aromatic N) is 5. The van der Waals surface area contributed by atoms with E-state index in [1.165, 1.54) is 22.7 Å². The van der Waals surface area contributed by atoms with Crippen LogP contribution in [0.2, 0.25) is 0 Å². The molecule has 0 saturated carbocycles. The Morgan fingerprint density at radius 1 is 1.26 bits per heavy atom. The molecule has 1 saturated heterocycles. The molecule has 3 aromatic heterocycles. The van der Waals surface area contributed by atoms with Gasteiger partial charge in [-0.15, -0.1) is 22.7 Å². The lowest BCUT2D eigenvalue weighted by molar-refractivity contribution is 0.0331. The van der Waals surface area contributed by atoms with Crippen LogP contribution in [-0.4, -0.2) is 60.3 Å². The minimum atomic E-state index is -0.325. The highest BCUT2D eigenvalue weighted by atomic mass is 32.1. The maximum absolute atomic E-state index is 12.6. The van der Waals surface area contributed by atoms with Crippen LogP contribution in [0.1, 0.15) is 44.0 Å². The fraction of sp³-hybridized carbons (Fsp3) is 0.478. The number of fused-ring (bicyclic) bond motifs is 2. The molecule has 0 atom stereocenters. The lowest BCUT2D eigenvalue weighted by Crippen LogP contribution is -2.36. The number of hydrogen-bond acceptors (Lipinski definition) is 11. The van der Waals surface area contributed by atoms with E-state index in [-0.39, 0.29) is 5.97 Å². The van der Waals surface area contributed by atoms with Crippen molar-refractivity contribution in [3.63, 3.8) is 0 Å². The second-order valence-electron chi connectivity index (χ2n) is 8.34. The zero-order valence-electron chi connectivity index (χ0n) is 19.2. The van der Waals surface area contributed by atoms with Gasteiger partial charge in [-0.05, 0) is 31.4 Å². The quantitative estimate of drug-likeness (QED) is 0.529. The van der Waals surface area contributed by atoms with Gasteiger partial charge in [-0.3, -0.25) is 4.90 Å². The first-order valence-corrected chi connectivity index (χ1v) is 13.0. The highest BCUT2D eigenvalue weighted by molar-refractivity contribution is 7.20. The van der Waals surface area contributed by atoms with E-state index in [1.54, 1.807) is 6.92 Å². The summed E-state index contributed by atoms with van der Waals surface area (Å²) in [6, 6.07) is 2.25. The second kappa shape index (κ2) is 9.46. The number of aromatic nitrogens is 2. The second-order valence-corrected chi connectivity index (χ2v) is 10.5. The molecule has 0 bridgehead atoms. The van der Waals surface area contributed by atoms with E-state index in [0.29, 0.717) is 54.9 Å². The number of thiophene rings is 2. The van der Waals surface area contributed by atoms with Crippen LogP contribution in [0.15, 0.2) is 0 Å². The fourth-order valence-corrected chi connectivity index (χ4v) is 6.71. The number of anilines is 2. The maximum Gasteiger partial charge on any atom is 0.348 e. The van der Waals surface area contributed by atoms with Crippen molar-refractivity contribution >= 4 is 49.7 Å². The summed E-state index contributed by atoms with van der Waals surface area (Å²) >= 11 is 2.84. The molecule has 0 radical (unpaired) electrons. The van der Waals surface area contributed by atoms with Crippen LogP contribution in [0.25, 0.3) is 10.2 Å². The number of nitrogen functional groups attached to an aromatic ring is 1. The molecule has 0 spiro atoms.